The molecule has 0 fully saturated rings. The summed E-state index contributed by atoms with van der Waals surface area (Å²) >= 11 is 14.2. The molecule has 2 N–H and O–H groups in total. The average molecular weight is 345 g/mol. The fourth-order valence-electron chi connectivity index (χ4n) is 2.06. The third kappa shape index (κ3) is 4.33. The lowest BCUT2D eigenvalue weighted by molar-refractivity contribution is 0.317. The number of rotatable bonds is 7. The zero-order valence-corrected chi connectivity index (χ0v) is 14.1. The highest BCUT2D eigenvalue weighted by atomic mass is 35.5. The fraction of sp³-hybridized carbons (Fsp3) is 0.400. The third-order valence-corrected chi connectivity index (χ3v) is 4.58. The summed E-state index contributed by atoms with van der Waals surface area (Å²) in [6.45, 7) is 3.18. The van der Waals surface area contributed by atoms with Crippen LogP contribution in [0.5, 0.6) is 5.75 Å². The maximum Gasteiger partial charge on any atom is 0.156 e. The highest BCUT2D eigenvalue weighted by Crippen LogP contribution is 2.35. The van der Waals surface area contributed by atoms with E-state index in [2.05, 4.69) is 4.98 Å². The standard InChI is InChI=1S/C15H18Cl2N2OS/c1-2-4-20-14-12(16)7-10(8-13(14)17)6-11(9-18)15-19-3-5-21-15/h3,5,7-8,11H,2,4,6,9,18H2,1H3. The lowest BCUT2D eigenvalue weighted by Gasteiger charge is -2.15. The molecule has 3 nitrogen and oxygen atoms in total. The van der Waals surface area contributed by atoms with Gasteiger partial charge in [-0.3, -0.25) is 0 Å². The van der Waals surface area contributed by atoms with E-state index in [1.807, 2.05) is 24.4 Å². The van der Waals surface area contributed by atoms with Crippen molar-refractivity contribution in [1.29, 1.82) is 0 Å². The average Bonchev–Trinajstić information content (AvgIpc) is 2.98. The molecule has 1 aromatic heterocycles. The molecule has 0 spiro atoms. The van der Waals surface area contributed by atoms with E-state index in [0.717, 1.165) is 23.4 Å². The van der Waals surface area contributed by atoms with Crippen LogP contribution in [0, 0.1) is 0 Å². The second kappa shape index (κ2) is 7.99. The van der Waals surface area contributed by atoms with Crippen molar-refractivity contribution in [3.8, 4) is 5.75 Å². The number of aromatic nitrogens is 1. The largest absolute Gasteiger partial charge is 0.490 e. The molecule has 0 saturated carbocycles. The summed E-state index contributed by atoms with van der Waals surface area (Å²) in [7, 11) is 0. The van der Waals surface area contributed by atoms with Crippen LogP contribution in [0.25, 0.3) is 0 Å². The van der Waals surface area contributed by atoms with Crippen molar-refractivity contribution in [2.75, 3.05) is 13.2 Å². The van der Waals surface area contributed by atoms with Gasteiger partial charge in [-0.2, -0.15) is 0 Å². The topological polar surface area (TPSA) is 48.1 Å². The van der Waals surface area contributed by atoms with Gasteiger partial charge in [0.2, 0.25) is 0 Å². The molecule has 2 rings (SSSR count). The van der Waals surface area contributed by atoms with Crippen LogP contribution in [0.4, 0.5) is 0 Å². The van der Waals surface area contributed by atoms with Crippen LogP contribution in [0.1, 0.15) is 29.8 Å². The Kier molecular flexibility index (Phi) is 6.30. The van der Waals surface area contributed by atoms with Gasteiger partial charge < -0.3 is 10.5 Å². The van der Waals surface area contributed by atoms with Gasteiger partial charge in [-0.25, -0.2) is 4.98 Å². The Labute approximate surface area is 139 Å². The first-order chi connectivity index (χ1) is 10.2. The molecule has 0 radical (unpaired) electrons. The van der Waals surface area contributed by atoms with E-state index in [4.69, 9.17) is 33.7 Å². The molecule has 0 saturated heterocycles. The van der Waals surface area contributed by atoms with E-state index >= 15 is 0 Å². The molecule has 1 unspecified atom stereocenters. The van der Waals surface area contributed by atoms with Crippen LogP contribution in [0.2, 0.25) is 10.0 Å². The number of benzene rings is 1. The Balaban J connectivity index is 2.17. The van der Waals surface area contributed by atoms with Gasteiger partial charge in [-0.15, -0.1) is 11.3 Å². The summed E-state index contributed by atoms with van der Waals surface area (Å²) in [5.74, 6) is 0.738. The quantitative estimate of drug-likeness (QED) is 0.802. The van der Waals surface area contributed by atoms with Gasteiger partial charge in [0.25, 0.3) is 0 Å². The summed E-state index contributed by atoms with van der Waals surface area (Å²) in [5.41, 5.74) is 6.90. The molecule has 114 valence electrons. The monoisotopic (exact) mass is 344 g/mol. The van der Waals surface area contributed by atoms with Gasteiger partial charge in [0.05, 0.1) is 21.7 Å². The Hall–Kier alpha value is -0.810. The van der Waals surface area contributed by atoms with Gasteiger partial charge >= 0.3 is 0 Å². The van der Waals surface area contributed by atoms with Gasteiger partial charge in [0.1, 0.15) is 0 Å². The van der Waals surface area contributed by atoms with Crippen molar-refractivity contribution >= 4 is 34.5 Å². The van der Waals surface area contributed by atoms with E-state index < -0.39 is 0 Å². The van der Waals surface area contributed by atoms with Crippen LogP contribution in [-0.2, 0) is 6.42 Å². The molecule has 1 atom stereocenters. The summed E-state index contributed by atoms with van der Waals surface area (Å²) in [6.07, 6.45) is 3.47. The summed E-state index contributed by atoms with van der Waals surface area (Å²) in [5, 5.41) is 4.08. The predicted molar refractivity (Wildman–Crippen MR) is 89.9 cm³/mol. The van der Waals surface area contributed by atoms with Crippen LogP contribution in [0.3, 0.4) is 0 Å². The predicted octanol–water partition coefficient (Wildman–Crippen LogP) is 4.52. The number of hydrogen-bond donors (Lipinski definition) is 1. The first-order valence-corrected chi connectivity index (χ1v) is 8.49. The molecule has 1 aromatic carbocycles. The van der Waals surface area contributed by atoms with Crippen molar-refractivity contribution < 1.29 is 4.74 Å². The Morgan fingerprint density at radius 2 is 2.05 bits per heavy atom. The third-order valence-electron chi connectivity index (χ3n) is 3.08. The van der Waals surface area contributed by atoms with Gasteiger partial charge in [-0.05, 0) is 30.5 Å². The fourth-order valence-corrected chi connectivity index (χ4v) is 3.46. The van der Waals surface area contributed by atoms with Crippen molar-refractivity contribution in [3.05, 3.63) is 44.3 Å². The molecule has 1 heterocycles. The molecule has 0 amide bonds. The minimum Gasteiger partial charge on any atom is -0.490 e. The first-order valence-electron chi connectivity index (χ1n) is 6.85. The van der Waals surface area contributed by atoms with E-state index in [-0.39, 0.29) is 5.92 Å². The minimum atomic E-state index is 0.180. The highest BCUT2D eigenvalue weighted by Gasteiger charge is 2.16. The van der Waals surface area contributed by atoms with E-state index in [1.165, 1.54) is 0 Å². The second-order valence-electron chi connectivity index (χ2n) is 4.74. The van der Waals surface area contributed by atoms with E-state index in [9.17, 15) is 0 Å². The normalized spacial score (nSPS) is 12.4. The summed E-state index contributed by atoms with van der Waals surface area (Å²) in [4.78, 5) is 4.33. The highest BCUT2D eigenvalue weighted by molar-refractivity contribution is 7.09. The number of nitrogens with two attached hydrogens (primary N) is 1. The number of hydrogen-bond acceptors (Lipinski definition) is 4. The van der Waals surface area contributed by atoms with Gasteiger partial charge in [0, 0.05) is 24.0 Å². The number of halogens is 2. The molecule has 0 aliphatic rings. The lowest BCUT2D eigenvalue weighted by atomic mass is 10.00. The number of ether oxygens (including phenoxy) is 1. The molecule has 2 aromatic rings. The van der Waals surface area contributed by atoms with Crippen molar-refractivity contribution in [1.82, 2.24) is 4.98 Å². The first kappa shape index (κ1) is 16.6. The molecule has 0 bridgehead atoms. The molecule has 0 aliphatic heterocycles. The Morgan fingerprint density at radius 1 is 1.33 bits per heavy atom. The zero-order chi connectivity index (χ0) is 15.2. The Morgan fingerprint density at radius 3 is 2.57 bits per heavy atom. The lowest BCUT2D eigenvalue weighted by Crippen LogP contribution is -2.15. The van der Waals surface area contributed by atoms with E-state index in [1.54, 1.807) is 17.5 Å². The maximum atomic E-state index is 6.27. The minimum absolute atomic E-state index is 0.180. The van der Waals surface area contributed by atoms with Crippen molar-refractivity contribution in [2.45, 2.75) is 25.7 Å². The smallest absolute Gasteiger partial charge is 0.156 e. The molecule has 21 heavy (non-hydrogen) atoms. The van der Waals surface area contributed by atoms with Crippen molar-refractivity contribution in [3.63, 3.8) is 0 Å². The molecule has 6 heteroatoms. The van der Waals surface area contributed by atoms with Crippen LogP contribution >= 0.6 is 34.5 Å². The summed E-state index contributed by atoms with van der Waals surface area (Å²) in [6, 6.07) is 3.80. The SMILES string of the molecule is CCCOc1c(Cl)cc(CC(CN)c2nccs2)cc1Cl. The molecular formula is C15H18Cl2N2OS. The van der Waals surface area contributed by atoms with Crippen LogP contribution in [-0.4, -0.2) is 18.1 Å². The molecular weight excluding hydrogens is 327 g/mol. The maximum absolute atomic E-state index is 6.27. The van der Waals surface area contributed by atoms with E-state index in [0.29, 0.717) is 28.9 Å². The second-order valence-corrected chi connectivity index (χ2v) is 6.48. The van der Waals surface area contributed by atoms with Crippen LogP contribution in [0.15, 0.2) is 23.7 Å². The van der Waals surface area contributed by atoms with Crippen LogP contribution < -0.4 is 10.5 Å². The Bertz CT molecular complexity index is 552. The van der Waals surface area contributed by atoms with Gasteiger partial charge in [0.15, 0.2) is 5.75 Å². The number of thiazole rings is 1. The summed E-state index contributed by atoms with van der Waals surface area (Å²) < 4.78 is 5.58. The van der Waals surface area contributed by atoms with Crippen molar-refractivity contribution in [2.24, 2.45) is 5.73 Å². The molecule has 0 aliphatic carbocycles. The number of nitrogens with zero attached hydrogens (tertiary/aromatic N) is 1. The zero-order valence-electron chi connectivity index (χ0n) is 11.8. The van der Waals surface area contributed by atoms with Gasteiger partial charge in [-0.1, -0.05) is 30.1 Å².